The van der Waals surface area contributed by atoms with Crippen LogP contribution in [0.15, 0.2) is 0 Å². The van der Waals surface area contributed by atoms with E-state index in [4.69, 9.17) is 5.73 Å². The van der Waals surface area contributed by atoms with Gasteiger partial charge in [-0.15, -0.1) is 0 Å². The van der Waals surface area contributed by atoms with Crippen molar-refractivity contribution in [2.75, 3.05) is 0 Å². The van der Waals surface area contributed by atoms with E-state index in [0.717, 1.165) is 11.8 Å². The molecule has 1 heteroatoms. The predicted molar refractivity (Wildman–Crippen MR) is 67.8 cm³/mol. The summed E-state index contributed by atoms with van der Waals surface area (Å²) in [5.41, 5.74) is 6.39. The Hall–Kier alpha value is -0.0400. The lowest BCUT2D eigenvalue weighted by atomic mass is 9.66. The molecule has 15 heavy (non-hydrogen) atoms. The summed E-state index contributed by atoms with van der Waals surface area (Å²) in [5, 5.41) is 0. The van der Waals surface area contributed by atoms with Gasteiger partial charge in [-0.05, 0) is 43.4 Å². The maximum Gasteiger partial charge on any atom is 0.00156 e. The van der Waals surface area contributed by atoms with Gasteiger partial charge in [-0.2, -0.15) is 0 Å². The van der Waals surface area contributed by atoms with Gasteiger partial charge in [0, 0.05) is 6.04 Å². The summed E-state index contributed by atoms with van der Waals surface area (Å²) >= 11 is 0. The minimum Gasteiger partial charge on any atom is -0.328 e. The zero-order valence-electron chi connectivity index (χ0n) is 11.1. The molecule has 0 heterocycles. The highest BCUT2D eigenvalue weighted by molar-refractivity contribution is 4.84. The van der Waals surface area contributed by atoms with Crippen LogP contribution >= 0.6 is 0 Å². The fraction of sp³-hybridized carbons (Fsp3) is 1.00. The Labute approximate surface area is 95.8 Å². The molecule has 1 saturated carbocycles. The van der Waals surface area contributed by atoms with E-state index >= 15 is 0 Å². The van der Waals surface area contributed by atoms with Crippen molar-refractivity contribution in [1.82, 2.24) is 0 Å². The second kappa shape index (κ2) is 5.34. The van der Waals surface area contributed by atoms with Gasteiger partial charge in [-0.25, -0.2) is 0 Å². The van der Waals surface area contributed by atoms with Crippen LogP contribution in [0.4, 0.5) is 0 Å². The average molecular weight is 211 g/mol. The van der Waals surface area contributed by atoms with Crippen LogP contribution in [0.3, 0.4) is 0 Å². The maximum absolute atomic E-state index is 5.94. The quantitative estimate of drug-likeness (QED) is 0.748. The third kappa shape index (κ3) is 3.79. The topological polar surface area (TPSA) is 26.0 Å². The Balaban J connectivity index is 2.44. The molecule has 90 valence electrons. The summed E-state index contributed by atoms with van der Waals surface area (Å²) in [6, 6.07) is 0.351. The molecule has 0 amide bonds. The van der Waals surface area contributed by atoms with Crippen LogP contribution in [0.2, 0.25) is 0 Å². The summed E-state index contributed by atoms with van der Waals surface area (Å²) in [5.74, 6) is 1.92. The van der Waals surface area contributed by atoms with Crippen LogP contribution in [-0.4, -0.2) is 6.04 Å². The lowest BCUT2D eigenvalue weighted by Gasteiger charge is -2.40. The Morgan fingerprint density at radius 1 is 1.20 bits per heavy atom. The zero-order chi connectivity index (χ0) is 11.5. The first-order valence-electron chi connectivity index (χ1n) is 6.71. The lowest BCUT2D eigenvalue weighted by molar-refractivity contribution is 0.116. The second-order valence-electron chi connectivity index (χ2n) is 6.30. The molecule has 0 aliphatic heterocycles. The van der Waals surface area contributed by atoms with Gasteiger partial charge in [0.2, 0.25) is 0 Å². The van der Waals surface area contributed by atoms with E-state index in [1.54, 1.807) is 0 Å². The van der Waals surface area contributed by atoms with E-state index in [0.29, 0.717) is 11.5 Å². The van der Waals surface area contributed by atoms with E-state index in [2.05, 4.69) is 27.7 Å². The fourth-order valence-electron chi connectivity index (χ4n) is 3.35. The normalized spacial score (nSPS) is 30.2. The molecule has 1 aliphatic rings. The highest BCUT2D eigenvalue weighted by atomic mass is 14.6. The molecule has 1 fully saturated rings. The highest BCUT2D eigenvalue weighted by Crippen LogP contribution is 2.43. The number of nitrogens with two attached hydrogens (primary N) is 1. The molecule has 1 unspecified atom stereocenters. The average Bonchev–Trinajstić information content (AvgIpc) is 2.16. The molecule has 1 aliphatic carbocycles. The van der Waals surface area contributed by atoms with Crippen molar-refractivity contribution < 1.29 is 0 Å². The number of hydrogen-bond acceptors (Lipinski definition) is 1. The van der Waals surface area contributed by atoms with Crippen molar-refractivity contribution in [1.29, 1.82) is 0 Å². The standard InChI is InChI=1S/C14H29N/c1-5-12-6-8-13(9-7-12)14(3,4)10-11(2)15/h11-13H,5-10,15H2,1-4H3. The van der Waals surface area contributed by atoms with Gasteiger partial charge < -0.3 is 5.73 Å². The zero-order valence-corrected chi connectivity index (χ0v) is 11.1. The van der Waals surface area contributed by atoms with E-state index in [-0.39, 0.29) is 0 Å². The highest BCUT2D eigenvalue weighted by Gasteiger charge is 2.33. The predicted octanol–water partition coefficient (Wildman–Crippen LogP) is 3.97. The van der Waals surface area contributed by atoms with Gasteiger partial charge in [0.15, 0.2) is 0 Å². The Bertz CT molecular complexity index is 176. The molecule has 0 bridgehead atoms. The smallest absolute Gasteiger partial charge is 0.00156 e. The minimum atomic E-state index is 0.351. The summed E-state index contributed by atoms with van der Waals surface area (Å²) in [4.78, 5) is 0. The van der Waals surface area contributed by atoms with Crippen LogP contribution < -0.4 is 5.73 Å². The van der Waals surface area contributed by atoms with Gasteiger partial charge in [-0.1, -0.05) is 40.0 Å². The SMILES string of the molecule is CCC1CCC(C(C)(C)CC(C)N)CC1. The van der Waals surface area contributed by atoms with Crippen LogP contribution in [0.5, 0.6) is 0 Å². The van der Waals surface area contributed by atoms with Crippen molar-refractivity contribution >= 4 is 0 Å². The molecule has 0 radical (unpaired) electrons. The lowest BCUT2D eigenvalue weighted by Crippen LogP contribution is -2.33. The first kappa shape index (κ1) is 13.0. The largest absolute Gasteiger partial charge is 0.328 e. The van der Waals surface area contributed by atoms with E-state index in [1.165, 1.54) is 38.5 Å². The Morgan fingerprint density at radius 2 is 1.73 bits per heavy atom. The summed E-state index contributed by atoms with van der Waals surface area (Å²) in [6.07, 6.45) is 8.30. The molecule has 0 spiro atoms. The number of rotatable bonds is 4. The summed E-state index contributed by atoms with van der Waals surface area (Å²) in [6.45, 7) is 9.29. The second-order valence-corrected chi connectivity index (χ2v) is 6.30. The Kier molecular flexibility index (Phi) is 4.64. The van der Waals surface area contributed by atoms with Crippen molar-refractivity contribution in [3.8, 4) is 0 Å². The molecule has 0 aromatic heterocycles. The third-order valence-corrected chi connectivity index (χ3v) is 4.38. The maximum atomic E-state index is 5.94. The van der Waals surface area contributed by atoms with Crippen LogP contribution in [0.25, 0.3) is 0 Å². The molecular formula is C14H29N. The van der Waals surface area contributed by atoms with Gasteiger partial charge in [0.05, 0.1) is 0 Å². The van der Waals surface area contributed by atoms with Gasteiger partial charge in [0.1, 0.15) is 0 Å². The third-order valence-electron chi connectivity index (χ3n) is 4.38. The first-order valence-corrected chi connectivity index (χ1v) is 6.71. The fourth-order valence-corrected chi connectivity index (χ4v) is 3.35. The van der Waals surface area contributed by atoms with Gasteiger partial charge in [0.25, 0.3) is 0 Å². The molecule has 0 saturated heterocycles. The molecular weight excluding hydrogens is 182 g/mol. The van der Waals surface area contributed by atoms with Crippen LogP contribution in [-0.2, 0) is 0 Å². The van der Waals surface area contributed by atoms with Crippen LogP contribution in [0, 0.1) is 17.3 Å². The van der Waals surface area contributed by atoms with E-state index in [1.807, 2.05) is 0 Å². The van der Waals surface area contributed by atoms with Crippen molar-refractivity contribution in [3.05, 3.63) is 0 Å². The molecule has 1 rings (SSSR count). The van der Waals surface area contributed by atoms with Gasteiger partial charge >= 0.3 is 0 Å². The molecule has 1 atom stereocenters. The first-order chi connectivity index (χ1) is 6.95. The number of hydrogen-bond donors (Lipinski definition) is 1. The molecule has 0 aromatic rings. The van der Waals surface area contributed by atoms with Crippen molar-refractivity contribution in [2.24, 2.45) is 23.0 Å². The summed E-state index contributed by atoms with van der Waals surface area (Å²) in [7, 11) is 0. The van der Waals surface area contributed by atoms with Gasteiger partial charge in [-0.3, -0.25) is 0 Å². The minimum absolute atomic E-state index is 0.351. The van der Waals surface area contributed by atoms with Crippen molar-refractivity contribution in [2.45, 2.75) is 72.3 Å². The van der Waals surface area contributed by atoms with Crippen LogP contribution in [0.1, 0.15) is 66.2 Å². The summed E-state index contributed by atoms with van der Waals surface area (Å²) < 4.78 is 0. The monoisotopic (exact) mass is 211 g/mol. The molecule has 0 aromatic carbocycles. The Morgan fingerprint density at radius 3 is 2.13 bits per heavy atom. The van der Waals surface area contributed by atoms with E-state index < -0.39 is 0 Å². The van der Waals surface area contributed by atoms with Crippen molar-refractivity contribution in [3.63, 3.8) is 0 Å². The molecule has 1 nitrogen and oxygen atoms in total. The van der Waals surface area contributed by atoms with E-state index in [9.17, 15) is 0 Å². The molecule has 2 N–H and O–H groups in total.